The Bertz CT molecular complexity index is 498. The number of carbonyl (C=O) groups excluding carboxylic acids is 2. The number of allylic oxidation sites excluding steroid dienone is 2. The largest absolute Gasteiger partial charge is 0.492 e. The van der Waals surface area contributed by atoms with Crippen LogP contribution < -0.4 is 0 Å². The van der Waals surface area contributed by atoms with Gasteiger partial charge in [0.05, 0.1) is 7.11 Å². The van der Waals surface area contributed by atoms with Crippen LogP contribution in [0.25, 0.3) is 0 Å². The molecule has 0 amide bonds. The molecule has 0 spiro atoms. The second-order valence-electron chi connectivity index (χ2n) is 3.64. The van der Waals surface area contributed by atoms with Gasteiger partial charge in [0.2, 0.25) is 5.78 Å². The van der Waals surface area contributed by atoms with Crippen molar-refractivity contribution < 1.29 is 14.3 Å². The van der Waals surface area contributed by atoms with Crippen molar-refractivity contribution in [3.05, 3.63) is 46.7 Å². The topological polar surface area (TPSA) is 43.4 Å². The van der Waals surface area contributed by atoms with Crippen LogP contribution in [0.15, 0.2) is 30.0 Å². The Hall–Kier alpha value is -1.90. The van der Waals surface area contributed by atoms with Crippen molar-refractivity contribution >= 4 is 11.6 Å². The van der Waals surface area contributed by atoms with Gasteiger partial charge in [0.1, 0.15) is 0 Å². The van der Waals surface area contributed by atoms with Gasteiger partial charge in [-0.25, -0.2) is 0 Å². The number of ketones is 2. The summed E-state index contributed by atoms with van der Waals surface area (Å²) in [5, 5.41) is 0. The number of ether oxygens (including phenoxy) is 1. The maximum absolute atomic E-state index is 11.8. The Balaban J connectivity index is 2.56. The minimum Gasteiger partial charge on any atom is -0.492 e. The highest BCUT2D eigenvalue weighted by Crippen LogP contribution is 2.22. The average molecular weight is 216 g/mol. The number of hydrogen-bond acceptors (Lipinski definition) is 3. The molecule has 0 radical (unpaired) electrons. The zero-order valence-corrected chi connectivity index (χ0v) is 9.24. The van der Waals surface area contributed by atoms with Crippen LogP contribution in [0, 0.1) is 0 Å². The standard InChI is InChI=1S/C13H12O3/c1-3-8-4-5-9-10(6-8)11(14)7-12(16-2)13(9)15/h4-7H,3H2,1-2H3. The smallest absolute Gasteiger partial charge is 0.228 e. The van der Waals surface area contributed by atoms with Crippen molar-refractivity contribution in [2.45, 2.75) is 13.3 Å². The molecule has 82 valence electrons. The molecule has 1 aromatic rings. The lowest BCUT2D eigenvalue weighted by atomic mass is 9.91. The van der Waals surface area contributed by atoms with E-state index in [2.05, 4.69) is 0 Å². The lowest BCUT2D eigenvalue weighted by molar-refractivity contribution is 0.0916. The van der Waals surface area contributed by atoms with Crippen LogP contribution in [-0.2, 0) is 11.2 Å². The average Bonchev–Trinajstić information content (AvgIpc) is 2.33. The van der Waals surface area contributed by atoms with E-state index in [9.17, 15) is 9.59 Å². The van der Waals surface area contributed by atoms with Crippen LogP contribution in [0.5, 0.6) is 0 Å². The first kappa shape index (κ1) is 10.6. The minimum absolute atomic E-state index is 0.113. The molecule has 1 aromatic carbocycles. The number of fused-ring (bicyclic) bond motifs is 1. The fourth-order valence-electron chi connectivity index (χ4n) is 1.76. The van der Waals surface area contributed by atoms with Gasteiger partial charge in [-0.05, 0) is 24.1 Å². The number of benzene rings is 1. The van der Waals surface area contributed by atoms with Gasteiger partial charge in [0.15, 0.2) is 11.5 Å². The quantitative estimate of drug-likeness (QED) is 0.760. The summed E-state index contributed by atoms with van der Waals surface area (Å²) in [5.41, 5.74) is 1.96. The Morgan fingerprint density at radius 1 is 1.19 bits per heavy atom. The molecule has 0 heterocycles. The Labute approximate surface area is 93.7 Å². The van der Waals surface area contributed by atoms with Crippen LogP contribution in [-0.4, -0.2) is 18.7 Å². The molecule has 1 aliphatic rings. The van der Waals surface area contributed by atoms with E-state index in [1.165, 1.54) is 13.2 Å². The fraction of sp³-hybridized carbons (Fsp3) is 0.231. The van der Waals surface area contributed by atoms with Gasteiger partial charge in [-0.15, -0.1) is 0 Å². The van der Waals surface area contributed by atoms with E-state index in [4.69, 9.17) is 4.74 Å². The van der Waals surface area contributed by atoms with E-state index >= 15 is 0 Å². The molecule has 16 heavy (non-hydrogen) atoms. The second kappa shape index (κ2) is 3.93. The molecule has 0 fully saturated rings. The summed E-state index contributed by atoms with van der Waals surface area (Å²) in [6.07, 6.45) is 2.10. The lowest BCUT2D eigenvalue weighted by Gasteiger charge is -2.14. The van der Waals surface area contributed by atoms with E-state index in [0.717, 1.165) is 12.0 Å². The van der Waals surface area contributed by atoms with Gasteiger partial charge < -0.3 is 4.74 Å². The highest BCUT2D eigenvalue weighted by Gasteiger charge is 2.26. The van der Waals surface area contributed by atoms with E-state index < -0.39 is 0 Å². The van der Waals surface area contributed by atoms with E-state index in [1.54, 1.807) is 12.1 Å². The third kappa shape index (κ3) is 1.54. The zero-order valence-electron chi connectivity index (χ0n) is 9.24. The minimum atomic E-state index is -0.222. The summed E-state index contributed by atoms with van der Waals surface area (Å²) >= 11 is 0. The summed E-state index contributed by atoms with van der Waals surface area (Å²) in [7, 11) is 1.39. The number of hydrogen-bond donors (Lipinski definition) is 0. The highest BCUT2D eigenvalue weighted by molar-refractivity contribution is 6.23. The fourth-order valence-corrected chi connectivity index (χ4v) is 1.76. The van der Waals surface area contributed by atoms with Crippen molar-refractivity contribution in [3.8, 4) is 0 Å². The van der Waals surface area contributed by atoms with Crippen LogP contribution in [0.2, 0.25) is 0 Å². The van der Waals surface area contributed by atoms with E-state index in [1.807, 2.05) is 13.0 Å². The van der Waals surface area contributed by atoms with Crippen LogP contribution in [0.4, 0.5) is 0 Å². The summed E-state index contributed by atoms with van der Waals surface area (Å²) in [5.74, 6) is -0.275. The van der Waals surface area contributed by atoms with Gasteiger partial charge in [-0.1, -0.05) is 13.0 Å². The number of aryl methyl sites for hydroxylation is 1. The van der Waals surface area contributed by atoms with E-state index in [-0.39, 0.29) is 17.3 Å². The first-order chi connectivity index (χ1) is 7.67. The molecule has 0 atom stereocenters. The summed E-state index contributed by atoms with van der Waals surface area (Å²) in [4.78, 5) is 23.6. The molecule has 0 aliphatic heterocycles. The Morgan fingerprint density at radius 2 is 1.94 bits per heavy atom. The van der Waals surface area contributed by atoms with Gasteiger partial charge in [0.25, 0.3) is 0 Å². The number of carbonyl (C=O) groups is 2. The van der Waals surface area contributed by atoms with E-state index in [0.29, 0.717) is 11.1 Å². The van der Waals surface area contributed by atoms with Crippen molar-refractivity contribution in [1.29, 1.82) is 0 Å². The van der Waals surface area contributed by atoms with Gasteiger partial charge in [-0.3, -0.25) is 9.59 Å². The molecule has 3 nitrogen and oxygen atoms in total. The maximum atomic E-state index is 11.8. The molecule has 1 aliphatic carbocycles. The third-order valence-corrected chi connectivity index (χ3v) is 2.71. The first-order valence-corrected chi connectivity index (χ1v) is 5.15. The number of methoxy groups -OCH3 is 1. The molecule has 0 aromatic heterocycles. The number of Topliss-reactive ketones (excluding diaryl/α,β-unsaturated/α-hetero) is 1. The monoisotopic (exact) mass is 216 g/mol. The molecule has 2 rings (SSSR count). The van der Waals surface area contributed by atoms with Crippen molar-refractivity contribution in [1.82, 2.24) is 0 Å². The zero-order chi connectivity index (χ0) is 11.7. The highest BCUT2D eigenvalue weighted by atomic mass is 16.5. The van der Waals surface area contributed by atoms with Crippen LogP contribution in [0.1, 0.15) is 33.2 Å². The van der Waals surface area contributed by atoms with Gasteiger partial charge in [-0.2, -0.15) is 0 Å². The number of rotatable bonds is 2. The SMILES string of the molecule is CCc1ccc2c(c1)C(=O)C=C(OC)C2=O. The lowest BCUT2D eigenvalue weighted by Crippen LogP contribution is -2.18. The molecule has 0 bridgehead atoms. The predicted molar refractivity (Wildman–Crippen MR) is 59.6 cm³/mol. The normalized spacial score (nSPS) is 14.5. The molecular weight excluding hydrogens is 204 g/mol. The summed E-state index contributed by atoms with van der Waals surface area (Å²) in [6.45, 7) is 2.01. The molecule has 0 unspecified atom stereocenters. The first-order valence-electron chi connectivity index (χ1n) is 5.15. The van der Waals surface area contributed by atoms with Gasteiger partial charge >= 0.3 is 0 Å². The molecule has 3 heteroatoms. The molecule has 0 N–H and O–H groups in total. The summed E-state index contributed by atoms with van der Waals surface area (Å²) in [6, 6.07) is 5.33. The van der Waals surface area contributed by atoms with Crippen LogP contribution >= 0.6 is 0 Å². The third-order valence-electron chi connectivity index (χ3n) is 2.71. The molecule has 0 saturated heterocycles. The Kier molecular flexibility index (Phi) is 2.60. The van der Waals surface area contributed by atoms with Crippen molar-refractivity contribution in [2.75, 3.05) is 7.11 Å². The van der Waals surface area contributed by atoms with Gasteiger partial charge in [0, 0.05) is 17.2 Å². The summed E-state index contributed by atoms with van der Waals surface area (Å²) < 4.78 is 4.88. The molecular formula is C13H12O3. The predicted octanol–water partition coefficient (Wildman–Crippen LogP) is 2.16. The van der Waals surface area contributed by atoms with Crippen molar-refractivity contribution in [3.63, 3.8) is 0 Å². The van der Waals surface area contributed by atoms with Crippen molar-refractivity contribution in [2.24, 2.45) is 0 Å². The Morgan fingerprint density at radius 3 is 2.56 bits per heavy atom. The second-order valence-corrected chi connectivity index (χ2v) is 3.64. The molecule has 0 saturated carbocycles. The van der Waals surface area contributed by atoms with Crippen LogP contribution in [0.3, 0.4) is 0 Å². The maximum Gasteiger partial charge on any atom is 0.228 e.